The second-order valence-electron chi connectivity index (χ2n) is 11.4. The molecule has 42 heavy (non-hydrogen) atoms. The minimum atomic E-state index is -1.01. The minimum Gasteiger partial charge on any atom is -0.493 e. The van der Waals surface area contributed by atoms with Crippen LogP contribution in [0.2, 0.25) is 0 Å². The number of fused-ring (bicyclic) bond motifs is 1. The Labute approximate surface area is 255 Å². The van der Waals surface area contributed by atoms with Crippen molar-refractivity contribution in [2.24, 2.45) is 0 Å². The highest BCUT2D eigenvalue weighted by Crippen LogP contribution is 2.42. The molecular formula is C30H38BrF2N3O6. The third-order valence-corrected chi connectivity index (χ3v) is 7.39. The highest BCUT2D eigenvalue weighted by atomic mass is 79.9. The van der Waals surface area contributed by atoms with Gasteiger partial charge in [0.25, 0.3) is 0 Å². The van der Waals surface area contributed by atoms with Crippen molar-refractivity contribution in [1.29, 1.82) is 5.41 Å². The SMILES string of the molecule is Br.COc1cc2c(c(F)c1OC)C(=N)N(CC(=O)c1cc(N3CCC(F)C3)c(OCCCC(=O)O)c(C(C)(C)C)c1)C2. The number of aliphatic carboxylic acids is 1. The molecule has 1 atom stereocenters. The van der Waals surface area contributed by atoms with E-state index < -0.39 is 23.4 Å². The third-order valence-electron chi connectivity index (χ3n) is 7.39. The van der Waals surface area contributed by atoms with E-state index in [0.717, 1.165) is 5.56 Å². The van der Waals surface area contributed by atoms with Gasteiger partial charge in [-0.25, -0.2) is 8.78 Å². The summed E-state index contributed by atoms with van der Waals surface area (Å²) in [7, 11) is 2.73. The molecule has 0 bridgehead atoms. The zero-order valence-corrected chi connectivity index (χ0v) is 26.2. The van der Waals surface area contributed by atoms with Crippen LogP contribution in [-0.2, 0) is 16.8 Å². The van der Waals surface area contributed by atoms with Gasteiger partial charge in [0, 0.05) is 37.2 Å². The van der Waals surface area contributed by atoms with Crippen LogP contribution in [0.25, 0.3) is 0 Å². The zero-order valence-electron chi connectivity index (χ0n) is 24.5. The number of methoxy groups -OCH3 is 2. The smallest absolute Gasteiger partial charge is 0.303 e. The van der Waals surface area contributed by atoms with E-state index >= 15 is 4.39 Å². The molecule has 2 heterocycles. The molecule has 2 aliphatic rings. The van der Waals surface area contributed by atoms with Gasteiger partial charge < -0.3 is 29.1 Å². The lowest BCUT2D eigenvalue weighted by molar-refractivity contribution is -0.137. The summed E-state index contributed by atoms with van der Waals surface area (Å²) in [5, 5.41) is 17.6. The highest BCUT2D eigenvalue weighted by Gasteiger charge is 2.34. The molecule has 2 aromatic carbocycles. The minimum absolute atomic E-state index is 0. The van der Waals surface area contributed by atoms with Gasteiger partial charge in [0.2, 0.25) is 0 Å². The number of carbonyl (C=O) groups is 2. The number of nitrogens with one attached hydrogen (secondary N) is 1. The largest absolute Gasteiger partial charge is 0.493 e. The number of nitrogens with zero attached hydrogens (tertiary/aromatic N) is 2. The number of Topliss-reactive ketones (excluding diaryl/α,β-unsaturated/α-hetero) is 1. The van der Waals surface area contributed by atoms with Crippen LogP contribution in [-0.4, -0.2) is 74.2 Å². The molecule has 2 aliphatic heterocycles. The van der Waals surface area contributed by atoms with E-state index in [4.69, 9.17) is 24.7 Å². The average molecular weight is 655 g/mol. The van der Waals surface area contributed by atoms with Gasteiger partial charge in [-0.1, -0.05) is 20.8 Å². The molecule has 0 amide bonds. The Morgan fingerprint density at radius 2 is 1.86 bits per heavy atom. The fraction of sp³-hybridized carbons (Fsp3) is 0.500. The first-order valence-electron chi connectivity index (χ1n) is 13.6. The Balaban J connectivity index is 0.00000484. The number of halogens is 3. The van der Waals surface area contributed by atoms with Gasteiger partial charge in [-0.05, 0) is 42.0 Å². The van der Waals surface area contributed by atoms with Crippen LogP contribution in [0.15, 0.2) is 18.2 Å². The number of ketones is 1. The molecule has 0 aliphatic carbocycles. The number of hydrogen-bond donors (Lipinski definition) is 2. The first kappa shape index (κ1) is 33.1. The van der Waals surface area contributed by atoms with Crippen LogP contribution in [0, 0.1) is 11.2 Å². The Bertz CT molecular complexity index is 1360. The van der Waals surface area contributed by atoms with Crippen LogP contribution in [0.4, 0.5) is 14.5 Å². The summed E-state index contributed by atoms with van der Waals surface area (Å²) in [6.07, 6.45) is -0.410. The fourth-order valence-electron chi connectivity index (χ4n) is 5.28. The number of carbonyl (C=O) groups excluding carboxylic acids is 1. The Hall–Kier alpha value is -3.41. The number of anilines is 1. The average Bonchev–Trinajstić information content (AvgIpc) is 3.48. The van der Waals surface area contributed by atoms with E-state index in [1.807, 2.05) is 25.7 Å². The van der Waals surface area contributed by atoms with Gasteiger partial charge in [-0.15, -0.1) is 17.0 Å². The lowest BCUT2D eigenvalue weighted by atomic mass is 9.84. The summed E-state index contributed by atoms with van der Waals surface area (Å²) in [5.41, 5.74) is 1.81. The Morgan fingerprint density at radius 1 is 1.14 bits per heavy atom. The van der Waals surface area contributed by atoms with Crippen molar-refractivity contribution < 1.29 is 37.7 Å². The molecule has 1 unspecified atom stereocenters. The molecule has 0 saturated carbocycles. The second kappa shape index (κ2) is 13.3. The molecule has 0 radical (unpaired) electrons. The van der Waals surface area contributed by atoms with E-state index in [1.165, 1.54) is 19.1 Å². The van der Waals surface area contributed by atoms with Crippen LogP contribution in [0.5, 0.6) is 17.2 Å². The van der Waals surface area contributed by atoms with Gasteiger partial charge in [0.05, 0.1) is 38.6 Å². The van der Waals surface area contributed by atoms with E-state index in [-0.39, 0.29) is 78.3 Å². The van der Waals surface area contributed by atoms with E-state index in [0.29, 0.717) is 42.0 Å². The quantitative estimate of drug-likeness (QED) is 0.240. The van der Waals surface area contributed by atoms with Gasteiger partial charge in [-0.2, -0.15) is 0 Å². The van der Waals surface area contributed by atoms with E-state index in [9.17, 15) is 14.0 Å². The predicted octanol–water partition coefficient (Wildman–Crippen LogP) is 5.53. The molecular weight excluding hydrogens is 616 g/mol. The molecule has 1 saturated heterocycles. The van der Waals surface area contributed by atoms with Crippen LogP contribution in [0.3, 0.4) is 0 Å². The predicted molar refractivity (Wildman–Crippen MR) is 161 cm³/mol. The maximum atomic E-state index is 15.2. The molecule has 0 aromatic heterocycles. The Morgan fingerprint density at radius 3 is 2.43 bits per heavy atom. The number of alkyl halides is 1. The highest BCUT2D eigenvalue weighted by molar-refractivity contribution is 8.93. The number of rotatable bonds is 11. The number of amidine groups is 1. The Kier molecular flexibility index (Phi) is 10.5. The van der Waals surface area contributed by atoms with E-state index in [2.05, 4.69) is 0 Å². The summed E-state index contributed by atoms with van der Waals surface area (Å²) in [6, 6.07) is 5.05. The first-order chi connectivity index (χ1) is 19.3. The lowest BCUT2D eigenvalue weighted by Gasteiger charge is -2.29. The lowest BCUT2D eigenvalue weighted by Crippen LogP contribution is -2.31. The summed E-state index contributed by atoms with van der Waals surface area (Å²) in [6.45, 7) is 6.66. The number of carboxylic acid groups (broad SMARTS) is 1. The van der Waals surface area contributed by atoms with Crippen LogP contribution < -0.4 is 19.1 Å². The normalized spacial score (nSPS) is 16.3. The maximum absolute atomic E-state index is 15.2. The number of hydrogen-bond acceptors (Lipinski definition) is 7. The van der Waals surface area contributed by atoms with Gasteiger partial charge in [-0.3, -0.25) is 15.0 Å². The fourth-order valence-corrected chi connectivity index (χ4v) is 5.28. The van der Waals surface area contributed by atoms with Gasteiger partial charge >= 0.3 is 5.97 Å². The first-order valence-corrected chi connectivity index (χ1v) is 13.6. The summed E-state index contributed by atoms with van der Waals surface area (Å²) in [4.78, 5) is 28.0. The molecule has 4 rings (SSSR count). The number of carboxylic acids is 1. The number of benzene rings is 2. The standard InChI is InChI=1S/C30H37F2N3O6.BrH/c1-30(2,3)20-11-17(12-21(34-9-8-19(31)15-34)27(20)41-10-6-7-24(37)38)22(36)16-35-14-18-13-23(39-4)28(40-5)26(32)25(18)29(35)33;/h11-13,19,33H,6-10,14-16H2,1-5H3,(H,37,38);1H. The van der Waals surface area contributed by atoms with E-state index in [1.54, 1.807) is 18.2 Å². The maximum Gasteiger partial charge on any atom is 0.303 e. The molecule has 9 nitrogen and oxygen atoms in total. The van der Waals surface area contributed by atoms with Gasteiger partial charge in [0.15, 0.2) is 23.1 Å². The van der Waals surface area contributed by atoms with Crippen LogP contribution >= 0.6 is 17.0 Å². The summed E-state index contributed by atoms with van der Waals surface area (Å²) in [5.74, 6) is -1.42. The van der Waals surface area contributed by atoms with Crippen LogP contribution in [0.1, 0.15) is 67.1 Å². The molecule has 2 N–H and O–H groups in total. The monoisotopic (exact) mass is 653 g/mol. The van der Waals surface area contributed by atoms with Crippen molar-refractivity contribution in [2.75, 3.05) is 45.4 Å². The zero-order chi connectivity index (χ0) is 30.1. The molecule has 2 aromatic rings. The summed E-state index contributed by atoms with van der Waals surface area (Å²) < 4.78 is 46.0. The topological polar surface area (TPSA) is 112 Å². The molecule has 1 fully saturated rings. The number of ether oxygens (including phenoxy) is 3. The van der Waals surface area contributed by atoms with Gasteiger partial charge in [0.1, 0.15) is 17.8 Å². The van der Waals surface area contributed by atoms with Crippen molar-refractivity contribution >= 4 is 40.3 Å². The molecule has 0 spiro atoms. The molecule has 230 valence electrons. The van der Waals surface area contributed by atoms with Crippen molar-refractivity contribution in [2.45, 2.75) is 58.2 Å². The van der Waals surface area contributed by atoms with Crippen molar-refractivity contribution in [3.05, 3.63) is 46.3 Å². The van der Waals surface area contributed by atoms with Crippen molar-refractivity contribution in [1.82, 2.24) is 4.90 Å². The van der Waals surface area contributed by atoms with Crippen molar-refractivity contribution in [3.63, 3.8) is 0 Å². The summed E-state index contributed by atoms with van der Waals surface area (Å²) >= 11 is 0. The second-order valence-corrected chi connectivity index (χ2v) is 11.4. The third kappa shape index (κ3) is 6.79. The molecule has 12 heteroatoms. The van der Waals surface area contributed by atoms with Crippen molar-refractivity contribution in [3.8, 4) is 17.2 Å².